The van der Waals surface area contributed by atoms with Gasteiger partial charge in [0.05, 0.1) is 11.1 Å². The highest BCUT2D eigenvalue weighted by Crippen LogP contribution is 2.45. The van der Waals surface area contributed by atoms with E-state index in [4.69, 9.17) is 0 Å². The molecule has 1 atom stereocenters. The van der Waals surface area contributed by atoms with Crippen molar-refractivity contribution < 1.29 is 35.8 Å². The molecule has 1 N–H and O–H groups in total. The van der Waals surface area contributed by atoms with Crippen molar-refractivity contribution in [2.75, 3.05) is 20.1 Å². The van der Waals surface area contributed by atoms with Crippen LogP contribution in [0.5, 0.6) is 0 Å². The molecule has 3 nitrogen and oxygen atoms in total. The first kappa shape index (κ1) is 32.4. The monoisotopic (exact) mass is 622 g/mol. The van der Waals surface area contributed by atoms with Crippen LogP contribution in [0.4, 0.5) is 30.7 Å². The average Bonchev–Trinajstić information content (AvgIpc) is 3.00. The number of rotatable bonds is 7. The van der Waals surface area contributed by atoms with Crippen molar-refractivity contribution >= 4 is 0 Å². The molecule has 5 rings (SSSR count). The summed E-state index contributed by atoms with van der Waals surface area (Å²) in [5, 5.41) is 11.3. The summed E-state index contributed by atoms with van der Waals surface area (Å²) in [5.74, 6) is 0.139. The molecule has 10 heteroatoms. The van der Waals surface area contributed by atoms with Crippen molar-refractivity contribution in [3.8, 4) is 0 Å². The predicted molar refractivity (Wildman–Crippen MR) is 154 cm³/mol. The first-order chi connectivity index (χ1) is 20.8. The third kappa shape index (κ3) is 7.13. The van der Waals surface area contributed by atoms with Crippen molar-refractivity contribution in [1.82, 2.24) is 9.80 Å². The predicted octanol–water partition coefficient (Wildman–Crippen LogP) is 8.37. The minimum atomic E-state index is -4.95. The van der Waals surface area contributed by atoms with Crippen molar-refractivity contribution in [1.29, 1.82) is 0 Å². The van der Waals surface area contributed by atoms with Crippen LogP contribution in [-0.4, -0.2) is 47.3 Å². The second kappa shape index (κ2) is 12.8. The van der Waals surface area contributed by atoms with Gasteiger partial charge in [0.25, 0.3) is 0 Å². The summed E-state index contributed by atoms with van der Waals surface area (Å²) in [6, 6.07) is 18.1. The molecule has 0 aromatic heterocycles. The summed E-state index contributed by atoms with van der Waals surface area (Å²) in [5.41, 5.74) is -1.55. The molecule has 2 aliphatic rings. The van der Waals surface area contributed by atoms with Crippen molar-refractivity contribution in [2.45, 2.75) is 81.0 Å². The smallest absolute Gasteiger partial charge is 0.378 e. The number of aliphatic hydroxyl groups is 1. The number of nitrogens with zero attached hydrogens (tertiary/aromatic N) is 2. The summed E-state index contributed by atoms with van der Waals surface area (Å²) in [6.45, 7) is 1.83. The first-order valence-electron chi connectivity index (χ1n) is 15.0. The highest BCUT2D eigenvalue weighted by Gasteiger charge is 2.44. The van der Waals surface area contributed by atoms with E-state index in [-0.39, 0.29) is 17.4 Å². The molecule has 1 aliphatic heterocycles. The lowest BCUT2D eigenvalue weighted by molar-refractivity contribution is -0.143. The largest absolute Gasteiger partial charge is 0.416 e. The van der Waals surface area contributed by atoms with Gasteiger partial charge in [-0.3, -0.25) is 4.90 Å². The van der Waals surface area contributed by atoms with Gasteiger partial charge in [-0.25, -0.2) is 4.39 Å². The lowest BCUT2D eigenvalue weighted by Gasteiger charge is -2.51. The molecular formula is C34H37F7N2O. The molecule has 1 heterocycles. The zero-order valence-electron chi connectivity index (χ0n) is 24.5. The Kier molecular flexibility index (Phi) is 9.44. The van der Waals surface area contributed by atoms with Gasteiger partial charge in [-0.15, -0.1) is 0 Å². The summed E-state index contributed by atoms with van der Waals surface area (Å²) in [7, 11) is 1.70. The summed E-state index contributed by atoms with van der Waals surface area (Å²) in [6.07, 6.45) is -6.67. The van der Waals surface area contributed by atoms with Crippen molar-refractivity contribution in [3.63, 3.8) is 0 Å². The van der Waals surface area contributed by atoms with Crippen LogP contribution in [0, 0.1) is 5.82 Å². The zero-order valence-corrected chi connectivity index (χ0v) is 24.5. The molecule has 0 spiro atoms. The second-order valence-corrected chi connectivity index (χ2v) is 12.2. The van der Waals surface area contributed by atoms with Crippen molar-refractivity contribution in [3.05, 3.63) is 106 Å². The molecule has 0 bridgehead atoms. The van der Waals surface area contributed by atoms with Gasteiger partial charge in [0.15, 0.2) is 0 Å². The maximum atomic E-state index is 13.5. The van der Waals surface area contributed by atoms with Gasteiger partial charge in [0.1, 0.15) is 12.0 Å². The molecule has 44 heavy (non-hydrogen) atoms. The van der Waals surface area contributed by atoms with E-state index in [2.05, 4.69) is 4.90 Å². The topological polar surface area (TPSA) is 26.7 Å². The van der Waals surface area contributed by atoms with E-state index < -0.39 is 41.7 Å². The molecule has 0 amide bonds. The van der Waals surface area contributed by atoms with E-state index in [1.165, 1.54) is 12.1 Å². The normalized spacial score (nSPS) is 23.2. The Morgan fingerprint density at radius 3 is 1.89 bits per heavy atom. The Morgan fingerprint density at radius 1 is 0.818 bits per heavy atom. The molecule has 238 valence electrons. The zero-order chi connectivity index (χ0) is 31.7. The van der Waals surface area contributed by atoms with Crippen LogP contribution in [0.2, 0.25) is 0 Å². The van der Waals surface area contributed by atoms with E-state index in [0.717, 1.165) is 49.9 Å². The highest BCUT2D eigenvalue weighted by molar-refractivity contribution is 5.34. The van der Waals surface area contributed by atoms with Gasteiger partial charge < -0.3 is 10.0 Å². The number of piperidine rings is 1. The number of likely N-dealkylation sites (tertiary alicyclic amines) is 1. The summed E-state index contributed by atoms with van der Waals surface area (Å²) < 4.78 is 94.1. The molecule has 1 saturated carbocycles. The van der Waals surface area contributed by atoms with E-state index in [1.54, 1.807) is 11.9 Å². The van der Waals surface area contributed by atoms with Crippen LogP contribution < -0.4 is 0 Å². The maximum Gasteiger partial charge on any atom is 0.416 e. The lowest BCUT2D eigenvalue weighted by Crippen LogP contribution is -2.54. The minimum Gasteiger partial charge on any atom is -0.378 e. The van der Waals surface area contributed by atoms with Gasteiger partial charge >= 0.3 is 12.4 Å². The molecule has 1 unspecified atom stereocenters. The number of likely N-dealkylation sites (N-methyl/N-ethyl adjacent to an activating group) is 1. The maximum absolute atomic E-state index is 13.5. The van der Waals surface area contributed by atoms with Crippen LogP contribution in [0.3, 0.4) is 0 Å². The van der Waals surface area contributed by atoms with Crippen molar-refractivity contribution in [2.24, 2.45) is 0 Å². The molecule has 0 radical (unpaired) electrons. The molecule has 3 aromatic carbocycles. The average molecular weight is 623 g/mol. The lowest BCUT2D eigenvalue weighted by atomic mass is 9.72. The highest BCUT2D eigenvalue weighted by atomic mass is 19.4. The number of hydrogen-bond acceptors (Lipinski definition) is 3. The second-order valence-electron chi connectivity index (χ2n) is 12.2. The Hall–Kier alpha value is -2.95. The molecular weight excluding hydrogens is 585 g/mol. The standard InChI is InChI=1S/C34H37F7N2O/c1-42(31(44)21-23-19-27(33(36,37)38)22-28(20-23)34(39,40)41)32(26-5-3-2-4-6-26)15-11-30(12-16-32)43-17-13-25(14-18-43)24-7-9-29(35)10-8-24/h2-10,19-20,22,25,30-31,44H,11-18,21H2,1H3. The number of benzene rings is 3. The van der Waals surface area contributed by atoms with Crippen LogP contribution in [0.1, 0.15) is 72.3 Å². The minimum absolute atomic E-state index is 0.106. The van der Waals surface area contributed by atoms with Crippen LogP contribution in [0.25, 0.3) is 0 Å². The third-order valence-corrected chi connectivity index (χ3v) is 9.67. The fourth-order valence-electron chi connectivity index (χ4n) is 7.14. The Morgan fingerprint density at radius 2 is 1.36 bits per heavy atom. The van der Waals surface area contributed by atoms with E-state index in [0.29, 0.717) is 36.9 Å². The summed E-state index contributed by atoms with van der Waals surface area (Å²) >= 11 is 0. The molecule has 2 fully saturated rings. The van der Waals surface area contributed by atoms with Gasteiger partial charge in [-0.05, 0) is 112 Å². The third-order valence-electron chi connectivity index (χ3n) is 9.67. The Balaban J connectivity index is 1.31. The van der Waals surface area contributed by atoms with Crippen LogP contribution >= 0.6 is 0 Å². The summed E-state index contributed by atoms with van der Waals surface area (Å²) in [4.78, 5) is 4.22. The van der Waals surface area contributed by atoms with Crippen LogP contribution in [0.15, 0.2) is 72.8 Å². The molecule has 1 saturated heterocycles. The number of alkyl halides is 6. The Bertz CT molecular complexity index is 1340. The van der Waals surface area contributed by atoms with Crippen LogP contribution in [-0.2, 0) is 24.3 Å². The van der Waals surface area contributed by atoms with E-state index in [9.17, 15) is 35.8 Å². The Labute approximate surface area is 253 Å². The van der Waals surface area contributed by atoms with Gasteiger partial charge in [0, 0.05) is 18.0 Å². The molecule has 3 aromatic rings. The number of hydrogen-bond donors (Lipinski definition) is 1. The van der Waals surface area contributed by atoms with Gasteiger partial charge in [0.2, 0.25) is 0 Å². The SMILES string of the molecule is CN(C(O)Cc1cc(C(F)(F)F)cc(C(F)(F)F)c1)C1(c2ccccc2)CCC(N2CCC(c3ccc(F)cc3)CC2)CC1. The van der Waals surface area contributed by atoms with E-state index in [1.807, 2.05) is 42.5 Å². The quantitative estimate of drug-likeness (QED) is 0.212. The fourth-order valence-corrected chi connectivity index (χ4v) is 7.14. The number of aliphatic hydroxyl groups excluding tert-OH is 1. The van der Waals surface area contributed by atoms with Gasteiger partial charge in [-0.1, -0.05) is 42.5 Å². The number of halogens is 7. The fraction of sp³-hybridized carbons (Fsp3) is 0.471. The molecule has 1 aliphatic carbocycles. The van der Waals surface area contributed by atoms with E-state index >= 15 is 0 Å². The first-order valence-corrected chi connectivity index (χ1v) is 15.0. The van der Waals surface area contributed by atoms with Gasteiger partial charge in [-0.2, -0.15) is 26.3 Å².